The van der Waals surface area contributed by atoms with Crippen LogP contribution in [0.25, 0.3) is 11.1 Å². The van der Waals surface area contributed by atoms with E-state index in [4.69, 9.17) is 2.74 Å². The Morgan fingerprint density at radius 2 is 1.74 bits per heavy atom. The van der Waals surface area contributed by atoms with Gasteiger partial charge in [-0.1, -0.05) is 56.9 Å². The number of aromatic carboxylic acids is 1. The molecule has 1 saturated carbocycles. The quantitative estimate of drug-likeness (QED) is 0.282. The van der Waals surface area contributed by atoms with Gasteiger partial charge in [0.2, 0.25) is 0 Å². The second-order valence-electron chi connectivity index (χ2n) is 10.1. The summed E-state index contributed by atoms with van der Waals surface area (Å²) < 4.78 is 32.4. The van der Waals surface area contributed by atoms with Gasteiger partial charge in [0.05, 0.1) is 16.9 Å². The molecule has 1 fully saturated rings. The van der Waals surface area contributed by atoms with Crippen molar-refractivity contribution in [1.29, 1.82) is 0 Å². The van der Waals surface area contributed by atoms with E-state index in [1.54, 1.807) is 35.2 Å². The standard InChI is InChI=1S/C31H36FN3O3/c1-20(2)19-35(25-7-5-4-6-8-25)29-16-11-22(27-18-23(32)12-15-26(27)30(36)37)17-28(29)34-31(38)33-24-13-9-21(3)10-14-24/h9-18,20,25H,4-8,19H2,1-3H3,(H,36,37)(H2,33,34,38)/i19D2. The van der Waals surface area contributed by atoms with Gasteiger partial charge in [0, 0.05) is 21.0 Å². The first-order valence-electron chi connectivity index (χ1n) is 14.1. The highest BCUT2D eigenvalue weighted by molar-refractivity contribution is 6.03. The van der Waals surface area contributed by atoms with Crippen molar-refractivity contribution in [2.75, 3.05) is 22.0 Å². The number of aryl methyl sites for hydroxylation is 1. The minimum Gasteiger partial charge on any atom is -0.478 e. The molecule has 0 aromatic heterocycles. The molecule has 0 aliphatic heterocycles. The highest BCUT2D eigenvalue weighted by atomic mass is 19.1. The Morgan fingerprint density at radius 1 is 1.03 bits per heavy atom. The van der Waals surface area contributed by atoms with Gasteiger partial charge >= 0.3 is 12.0 Å². The third-order valence-electron chi connectivity index (χ3n) is 6.67. The van der Waals surface area contributed by atoms with E-state index >= 15 is 0 Å². The summed E-state index contributed by atoms with van der Waals surface area (Å²) in [5.74, 6) is -2.15. The molecular formula is C31H36FN3O3. The minimum absolute atomic E-state index is 0.0779. The number of nitrogens with one attached hydrogen (secondary N) is 2. The van der Waals surface area contributed by atoms with Crippen LogP contribution in [0.5, 0.6) is 0 Å². The van der Waals surface area contributed by atoms with Crippen molar-refractivity contribution in [2.45, 2.75) is 58.9 Å². The molecule has 1 aliphatic carbocycles. The lowest BCUT2D eigenvalue weighted by atomic mass is 9.92. The first-order valence-corrected chi connectivity index (χ1v) is 13.1. The second-order valence-corrected chi connectivity index (χ2v) is 10.1. The summed E-state index contributed by atoms with van der Waals surface area (Å²) in [6.07, 6.45) is 4.69. The number of hydrogen-bond donors (Lipinski definition) is 3. The van der Waals surface area contributed by atoms with Crippen LogP contribution in [0.1, 0.15) is 64.6 Å². The number of amides is 2. The van der Waals surface area contributed by atoms with Gasteiger partial charge in [-0.05, 0) is 79.3 Å². The number of anilines is 3. The molecule has 3 aromatic rings. The van der Waals surface area contributed by atoms with Gasteiger partial charge in [0.25, 0.3) is 0 Å². The van der Waals surface area contributed by atoms with E-state index in [-0.39, 0.29) is 23.1 Å². The van der Waals surface area contributed by atoms with Crippen molar-refractivity contribution in [3.8, 4) is 11.1 Å². The maximum atomic E-state index is 14.2. The fourth-order valence-corrected chi connectivity index (χ4v) is 4.87. The van der Waals surface area contributed by atoms with Gasteiger partial charge in [-0.3, -0.25) is 0 Å². The largest absolute Gasteiger partial charge is 0.478 e. The molecule has 7 heteroatoms. The van der Waals surface area contributed by atoms with Crippen molar-refractivity contribution in [2.24, 2.45) is 5.92 Å². The lowest BCUT2D eigenvalue weighted by molar-refractivity contribution is 0.0697. The fraction of sp³-hybridized carbons (Fsp3) is 0.355. The molecule has 0 bridgehead atoms. The topological polar surface area (TPSA) is 81.7 Å². The Morgan fingerprint density at radius 3 is 2.39 bits per heavy atom. The zero-order valence-corrected chi connectivity index (χ0v) is 22.1. The molecule has 0 spiro atoms. The monoisotopic (exact) mass is 519 g/mol. The van der Waals surface area contributed by atoms with Gasteiger partial charge < -0.3 is 20.6 Å². The molecule has 200 valence electrons. The molecule has 0 atom stereocenters. The Hall–Kier alpha value is -3.87. The molecule has 2 amide bonds. The minimum atomic E-state index is -1.74. The zero-order chi connectivity index (χ0) is 29.0. The molecule has 3 N–H and O–H groups in total. The van der Waals surface area contributed by atoms with E-state index in [0.717, 1.165) is 49.8 Å². The van der Waals surface area contributed by atoms with E-state index in [0.29, 0.717) is 22.6 Å². The number of carbonyl (C=O) groups excluding carboxylic acids is 1. The van der Waals surface area contributed by atoms with Crippen molar-refractivity contribution in [3.05, 3.63) is 77.6 Å². The number of carbonyl (C=O) groups is 2. The highest BCUT2D eigenvalue weighted by Crippen LogP contribution is 2.37. The smallest absolute Gasteiger partial charge is 0.336 e. The Labute approximate surface area is 226 Å². The summed E-state index contributed by atoms with van der Waals surface area (Å²) in [7, 11) is 0. The van der Waals surface area contributed by atoms with E-state index < -0.39 is 24.3 Å². The number of hydrogen-bond acceptors (Lipinski definition) is 3. The predicted octanol–water partition coefficient (Wildman–Crippen LogP) is 7.94. The summed E-state index contributed by atoms with van der Waals surface area (Å²) in [6, 6.07) is 15.1. The van der Waals surface area contributed by atoms with Gasteiger partial charge in [0.1, 0.15) is 5.82 Å². The van der Waals surface area contributed by atoms with Crippen molar-refractivity contribution in [1.82, 2.24) is 0 Å². The number of urea groups is 1. The third-order valence-corrected chi connectivity index (χ3v) is 6.67. The van der Waals surface area contributed by atoms with Crippen LogP contribution in [0, 0.1) is 18.7 Å². The molecular weight excluding hydrogens is 481 g/mol. The molecule has 38 heavy (non-hydrogen) atoms. The molecule has 4 rings (SSSR count). The van der Waals surface area contributed by atoms with Crippen LogP contribution in [0.2, 0.25) is 0 Å². The molecule has 0 saturated heterocycles. The predicted molar refractivity (Wildman–Crippen MR) is 152 cm³/mol. The summed E-state index contributed by atoms with van der Waals surface area (Å²) in [5.41, 5.74) is 2.90. The molecule has 3 aromatic carbocycles. The van der Waals surface area contributed by atoms with Crippen LogP contribution in [0.4, 0.5) is 26.2 Å². The molecule has 0 unspecified atom stereocenters. The van der Waals surface area contributed by atoms with Gasteiger partial charge in [-0.25, -0.2) is 14.0 Å². The number of nitrogens with zero attached hydrogens (tertiary/aromatic N) is 1. The summed E-state index contributed by atoms with van der Waals surface area (Å²) in [5, 5.41) is 15.4. The number of benzene rings is 3. The molecule has 1 aliphatic rings. The average molecular weight is 520 g/mol. The Balaban J connectivity index is 1.83. The number of rotatable bonds is 8. The first kappa shape index (κ1) is 24.5. The second kappa shape index (κ2) is 12.1. The van der Waals surface area contributed by atoms with Gasteiger partial charge in [0.15, 0.2) is 0 Å². The van der Waals surface area contributed by atoms with Crippen LogP contribution in [0.3, 0.4) is 0 Å². The third kappa shape index (κ3) is 6.71. The van der Waals surface area contributed by atoms with Crippen LogP contribution in [-0.4, -0.2) is 29.6 Å². The van der Waals surface area contributed by atoms with Crippen LogP contribution in [0.15, 0.2) is 60.7 Å². The van der Waals surface area contributed by atoms with E-state index in [1.807, 2.05) is 32.9 Å². The van der Waals surface area contributed by atoms with Crippen LogP contribution in [-0.2, 0) is 0 Å². The van der Waals surface area contributed by atoms with Crippen LogP contribution >= 0.6 is 0 Å². The SMILES string of the molecule is [2H]C([2H])(C(C)C)N(c1ccc(-c2cc(F)ccc2C(=O)O)cc1NC(=O)Nc1ccc(C)cc1)C1CCCCC1. The summed E-state index contributed by atoms with van der Waals surface area (Å²) in [6.45, 7) is 3.86. The van der Waals surface area contributed by atoms with Crippen LogP contribution < -0.4 is 15.5 Å². The van der Waals surface area contributed by atoms with Crippen molar-refractivity contribution in [3.63, 3.8) is 0 Å². The van der Waals surface area contributed by atoms with Crippen molar-refractivity contribution >= 4 is 29.1 Å². The first-order chi connectivity index (χ1) is 19.0. The molecule has 0 radical (unpaired) electrons. The van der Waals surface area contributed by atoms with Gasteiger partial charge in [-0.15, -0.1) is 0 Å². The lowest BCUT2D eigenvalue weighted by Crippen LogP contribution is -2.40. The summed E-state index contributed by atoms with van der Waals surface area (Å²) in [4.78, 5) is 26.9. The van der Waals surface area contributed by atoms with E-state index in [9.17, 15) is 19.1 Å². The van der Waals surface area contributed by atoms with E-state index in [1.165, 1.54) is 6.07 Å². The fourth-order valence-electron chi connectivity index (χ4n) is 4.87. The van der Waals surface area contributed by atoms with Gasteiger partial charge in [-0.2, -0.15) is 0 Å². The lowest BCUT2D eigenvalue weighted by Gasteiger charge is -2.38. The number of carboxylic acids is 1. The summed E-state index contributed by atoms with van der Waals surface area (Å²) >= 11 is 0. The molecule has 6 nitrogen and oxygen atoms in total. The normalized spacial score (nSPS) is 15.0. The number of halogens is 1. The number of carboxylic acid groups (broad SMARTS) is 1. The highest BCUT2D eigenvalue weighted by Gasteiger charge is 2.25. The maximum Gasteiger partial charge on any atom is 0.336 e. The zero-order valence-electron chi connectivity index (χ0n) is 24.1. The van der Waals surface area contributed by atoms with E-state index in [2.05, 4.69) is 10.6 Å². The Bertz CT molecular complexity index is 1370. The maximum absolute atomic E-state index is 14.2. The van der Waals surface area contributed by atoms with Crippen molar-refractivity contribution < 1.29 is 21.8 Å². The molecule has 0 heterocycles. The Kier molecular flexibility index (Phi) is 7.80. The average Bonchev–Trinajstić information content (AvgIpc) is 2.91.